The maximum atomic E-state index is 16.1. The number of thioether (sulfide) groups is 1. The second kappa shape index (κ2) is 13.4. The number of terminal acetylenes is 1. The van der Waals surface area contributed by atoms with Crippen molar-refractivity contribution in [1.82, 2.24) is 14.6 Å². The van der Waals surface area contributed by atoms with E-state index in [-0.39, 0.29) is 54.4 Å². The molecule has 0 saturated carbocycles. The standard InChI is InChI=1S/C27H33FN5O8PS/c1-4-27(28)22(36)19(41-24(27)33-16-30-21-18(35)12-20(29)32-23(21)33)14-40-42(38,31-13-17-8-6-5-7-9-17)39-10-11-43-25(37)26(2,3)15-34/h1,5-9,16,19,22,24,34,36H,10-15H2,2-3H3,(H2,29,32)(H,31,38)/t19-,22+,24-,27?,42?/m1/s1. The van der Waals surface area contributed by atoms with Crippen LogP contribution in [0.3, 0.4) is 0 Å². The molecule has 0 spiro atoms. The minimum atomic E-state index is -4.13. The molecule has 2 aromatic rings. The molecule has 2 aliphatic rings. The third kappa shape index (κ3) is 7.25. The largest absolute Gasteiger partial charge is 0.405 e. The summed E-state index contributed by atoms with van der Waals surface area (Å²) in [6.45, 7) is 2.13. The number of aliphatic hydroxyl groups is 2. The van der Waals surface area contributed by atoms with Gasteiger partial charge < -0.3 is 20.7 Å². The van der Waals surface area contributed by atoms with E-state index in [0.29, 0.717) is 0 Å². The van der Waals surface area contributed by atoms with Gasteiger partial charge in [0.1, 0.15) is 18.0 Å². The van der Waals surface area contributed by atoms with Crippen LogP contribution in [-0.4, -0.2) is 79.9 Å². The summed E-state index contributed by atoms with van der Waals surface area (Å²) in [7, 11) is -4.13. The maximum absolute atomic E-state index is 16.1. The number of ether oxygens (including phenoxy) is 1. The number of carbonyl (C=O) groups is 2. The number of hydrogen-bond donors (Lipinski definition) is 4. The number of nitrogens with two attached hydrogens (primary N) is 1. The van der Waals surface area contributed by atoms with Crippen LogP contribution in [0.25, 0.3) is 0 Å². The van der Waals surface area contributed by atoms with Gasteiger partial charge in [0.15, 0.2) is 28.6 Å². The van der Waals surface area contributed by atoms with Crippen LogP contribution in [0, 0.1) is 17.8 Å². The summed E-state index contributed by atoms with van der Waals surface area (Å²) in [5.41, 5.74) is 2.68. The summed E-state index contributed by atoms with van der Waals surface area (Å²) in [5.74, 6) is 1.52. The molecule has 5 atom stereocenters. The molecule has 1 aromatic heterocycles. The molecule has 43 heavy (non-hydrogen) atoms. The molecular weight excluding hydrogens is 604 g/mol. The SMILES string of the molecule is C#CC1(F)[C@@H](O)[C@@H](COP(=O)(NCc2ccccc2)OCCSC(=O)C(C)(C)CO)O[C@H]1n1cnc2c1N=C(N)CC2=O. The van der Waals surface area contributed by atoms with Crippen LogP contribution in [0.5, 0.6) is 0 Å². The van der Waals surface area contributed by atoms with Crippen molar-refractivity contribution in [2.24, 2.45) is 16.1 Å². The highest BCUT2D eigenvalue weighted by molar-refractivity contribution is 8.13. The van der Waals surface area contributed by atoms with E-state index >= 15 is 4.39 Å². The molecular formula is C27H33FN5O8PS. The van der Waals surface area contributed by atoms with Crippen molar-refractivity contribution in [3.63, 3.8) is 0 Å². The summed E-state index contributed by atoms with van der Waals surface area (Å²) in [6.07, 6.45) is 1.40. The van der Waals surface area contributed by atoms with Crippen molar-refractivity contribution >= 4 is 42.1 Å². The van der Waals surface area contributed by atoms with Crippen LogP contribution < -0.4 is 10.8 Å². The average Bonchev–Trinajstić information content (AvgIpc) is 3.52. The molecule has 4 rings (SSSR count). The van der Waals surface area contributed by atoms with Crippen LogP contribution >= 0.6 is 19.5 Å². The van der Waals surface area contributed by atoms with Gasteiger partial charge in [0.2, 0.25) is 5.67 Å². The molecule has 232 valence electrons. The Kier molecular flexibility index (Phi) is 10.3. The Balaban J connectivity index is 1.48. The van der Waals surface area contributed by atoms with Gasteiger partial charge in [0.25, 0.3) is 0 Å². The number of aromatic nitrogens is 2. The Hall–Kier alpha value is -2.93. The number of aliphatic imine (C=N–C) groups is 1. The zero-order valence-corrected chi connectivity index (χ0v) is 25.2. The third-order valence-corrected chi connectivity index (χ3v) is 9.54. The number of ketones is 1. The lowest BCUT2D eigenvalue weighted by molar-refractivity contribution is -0.119. The summed E-state index contributed by atoms with van der Waals surface area (Å²) < 4.78 is 47.8. The number of imidazole rings is 1. The van der Waals surface area contributed by atoms with Crippen molar-refractivity contribution in [1.29, 1.82) is 0 Å². The lowest BCUT2D eigenvalue weighted by Gasteiger charge is -2.24. The zero-order chi connectivity index (χ0) is 31.4. The van der Waals surface area contributed by atoms with Crippen molar-refractivity contribution in [3.05, 3.63) is 47.9 Å². The molecule has 5 N–H and O–H groups in total. The summed E-state index contributed by atoms with van der Waals surface area (Å²) in [6, 6.07) is 8.96. The van der Waals surface area contributed by atoms with Crippen molar-refractivity contribution in [2.45, 2.75) is 50.9 Å². The summed E-state index contributed by atoms with van der Waals surface area (Å²) in [5, 5.41) is 22.7. The van der Waals surface area contributed by atoms with Gasteiger partial charge in [-0.3, -0.25) is 23.2 Å². The Morgan fingerprint density at radius 1 is 1.40 bits per heavy atom. The van der Waals surface area contributed by atoms with Gasteiger partial charge in [-0.2, -0.15) is 0 Å². The molecule has 0 bridgehead atoms. The number of halogens is 1. The smallest absolute Gasteiger partial charge is 0.395 e. The predicted molar refractivity (Wildman–Crippen MR) is 156 cm³/mol. The lowest BCUT2D eigenvalue weighted by Crippen LogP contribution is -2.42. The number of nitrogens with zero attached hydrogens (tertiary/aromatic N) is 3. The van der Waals surface area contributed by atoms with Gasteiger partial charge in [0.05, 0.1) is 38.0 Å². The number of benzene rings is 1. The van der Waals surface area contributed by atoms with E-state index in [0.717, 1.165) is 28.2 Å². The number of nitrogens with one attached hydrogen (secondary N) is 1. The number of amidine groups is 1. The topological polar surface area (TPSA) is 188 Å². The molecule has 0 radical (unpaired) electrons. The minimum Gasteiger partial charge on any atom is -0.395 e. The van der Waals surface area contributed by atoms with E-state index < -0.39 is 49.7 Å². The quantitative estimate of drug-likeness (QED) is 0.143. The van der Waals surface area contributed by atoms with E-state index in [2.05, 4.69) is 15.1 Å². The molecule has 3 heterocycles. The maximum Gasteiger partial charge on any atom is 0.405 e. The van der Waals surface area contributed by atoms with Crippen LogP contribution in [0.15, 0.2) is 41.7 Å². The van der Waals surface area contributed by atoms with E-state index in [4.69, 9.17) is 25.9 Å². The van der Waals surface area contributed by atoms with Gasteiger partial charge in [0, 0.05) is 12.3 Å². The molecule has 2 aliphatic heterocycles. The number of aliphatic hydroxyl groups excluding tert-OH is 2. The Labute approximate surface area is 252 Å². The minimum absolute atomic E-state index is 0.00907. The second-order valence-electron chi connectivity index (χ2n) is 10.5. The highest BCUT2D eigenvalue weighted by Crippen LogP contribution is 2.48. The molecule has 1 fully saturated rings. The van der Waals surface area contributed by atoms with Crippen molar-refractivity contribution in [2.75, 3.05) is 25.6 Å². The number of hydrogen-bond acceptors (Lipinski definition) is 12. The van der Waals surface area contributed by atoms with Crippen LogP contribution in [0.1, 0.15) is 42.5 Å². The number of Topliss-reactive ketones (excluding diaryl/α,β-unsaturated/α-hetero) is 1. The Morgan fingerprint density at radius 3 is 2.79 bits per heavy atom. The van der Waals surface area contributed by atoms with Crippen LogP contribution in [0.2, 0.25) is 0 Å². The normalized spacial score (nSPS) is 25.1. The average molecular weight is 638 g/mol. The fourth-order valence-electron chi connectivity index (χ4n) is 4.20. The number of rotatable bonds is 13. The predicted octanol–water partition coefficient (Wildman–Crippen LogP) is 2.27. The van der Waals surface area contributed by atoms with Crippen molar-refractivity contribution in [3.8, 4) is 12.3 Å². The van der Waals surface area contributed by atoms with Crippen molar-refractivity contribution < 1.29 is 42.5 Å². The second-order valence-corrected chi connectivity index (χ2v) is 13.4. The van der Waals surface area contributed by atoms with E-state index in [1.165, 1.54) is 0 Å². The molecule has 0 amide bonds. The summed E-state index contributed by atoms with van der Waals surface area (Å²) >= 11 is 0.903. The van der Waals surface area contributed by atoms with Crippen LogP contribution in [0.4, 0.5) is 10.2 Å². The molecule has 2 unspecified atom stereocenters. The summed E-state index contributed by atoms with van der Waals surface area (Å²) in [4.78, 5) is 32.7. The number of carbonyl (C=O) groups excluding carboxylic acids is 2. The molecule has 1 saturated heterocycles. The van der Waals surface area contributed by atoms with Gasteiger partial charge in [-0.15, -0.1) is 6.42 Å². The van der Waals surface area contributed by atoms with Gasteiger partial charge in [-0.25, -0.2) is 24.0 Å². The fraction of sp³-hybridized carbons (Fsp3) is 0.481. The van der Waals surface area contributed by atoms with E-state index in [1.807, 2.05) is 12.0 Å². The highest BCUT2D eigenvalue weighted by Gasteiger charge is 2.58. The van der Waals surface area contributed by atoms with Gasteiger partial charge >= 0.3 is 7.75 Å². The first-order valence-corrected chi connectivity index (χ1v) is 15.8. The fourth-order valence-corrected chi connectivity index (χ4v) is 6.44. The molecule has 0 aliphatic carbocycles. The molecule has 1 aromatic carbocycles. The first kappa shape index (κ1) is 33.0. The van der Waals surface area contributed by atoms with E-state index in [9.17, 15) is 24.4 Å². The number of alkyl halides is 1. The monoisotopic (exact) mass is 637 g/mol. The van der Waals surface area contributed by atoms with E-state index in [1.54, 1.807) is 38.1 Å². The first-order chi connectivity index (χ1) is 20.3. The highest BCUT2D eigenvalue weighted by atomic mass is 32.2. The lowest BCUT2D eigenvalue weighted by atomic mass is 9.97. The van der Waals surface area contributed by atoms with Crippen LogP contribution in [-0.2, 0) is 29.7 Å². The molecule has 16 heteroatoms. The molecule has 13 nitrogen and oxygen atoms in total. The Morgan fingerprint density at radius 2 is 2.12 bits per heavy atom. The van der Waals surface area contributed by atoms with Gasteiger partial charge in [-0.1, -0.05) is 48.0 Å². The third-order valence-electron chi connectivity index (χ3n) is 6.80. The van der Waals surface area contributed by atoms with Gasteiger partial charge in [-0.05, 0) is 19.4 Å². The number of fused-ring (bicyclic) bond motifs is 1. The Bertz CT molecular complexity index is 1460. The first-order valence-electron chi connectivity index (χ1n) is 13.2. The zero-order valence-electron chi connectivity index (χ0n) is 23.5.